The van der Waals surface area contributed by atoms with Gasteiger partial charge in [-0.1, -0.05) is 18.2 Å². The van der Waals surface area contributed by atoms with E-state index in [1.54, 1.807) is 0 Å². The summed E-state index contributed by atoms with van der Waals surface area (Å²) in [6.07, 6.45) is 5.54. The van der Waals surface area contributed by atoms with Gasteiger partial charge in [-0.05, 0) is 30.9 Å². The van der Waals surface area contributed by atoms with E-state index in [4.69, 9.17) is 4.74 Å². The van der Waals surface area contributed by atoms with Crippen molar-refractivity contribution in [3.05, 3.63) is 36.0 Å². The predicted molar refractivity (Wildman–Crippen MR) is 110 cm³/mol. The number of fused-ring (bicyclic) bond motifs is 1. The standard InChI is InChI=1S/C21H31N5O/c1-22-21(26-10-8-18(16-26)25-11-13-27-14-12-25)23-9-4-5-17-15-24-20-7-3-2-6-19(17)20/h2-3,6-7,15,18,24H,4-5,8-14,16H2,1H3,(H,22,23). The Balaban J connectivity index is 1.24. The minimum Gasteiger partial charge on any atom is -0.379 e. The smallest absolute Gasteiger partial charge is 0.193 e. The van der Waals surface area contributed by atoms with Crippen LogP contribution >= 0.6 is 0 Å². The van der Waals surface area contributed by atoms with Crippen LogP contribution in [0.25, 0.3) is 10.9 Å². The lowest BCUT2D eigenvalue weighted by atomic mass is 10.1. The fourth-order valence-corrected chi connectivity index (χ4v) is 4.32. The molecule has 0 radical (unpaired) electrons. The Morgan fingerprint density at radius 3 is 2.96 bits per heavy atom. The Bertz CT molecular complexity index is 765. The normalized spacial score (nSPS) is 21.9. The summed E-state index contributed by atoms with van der Waals surface area (Å²) in [5.41, 5.74) is 2.62. The monoisotopic (exact) mass is 369 g/mol. The molecule has 2 N–H and O–H groups in total. The molecule has 1 aromatic heterocycles. The SMILES string of the molecule is CN=C(NCCCc1c[nH]c2ccccc12)N1CCC(N2CCOCC2)C1. The number of hydrogen-bond donors (Lipinski definition) is 2. The minimum atomic E-state index is 0.638. The van der Waals surface area contributed by atoms with Crippen LogP contribution in [0.4, 0.5) is 0 Å². The number of rotatable bonds is 5. The number of ether oxygens (including phenoxy) is 1. The van der Waals surface area contributed by atoms with Crippen LogP contribution in [0, 0.1) is 0 Å². The zero-order chi connectivity index (χ0) is 18.5. The first kappa shape index (κ1) is 18.3. The molecule has 2 aliphatic rings. The van der Waals surface area contributed by atoms with Gasteiger partial charge in [0, 0.05) is 62.9 Å². The number of morpholine rings is 1. The molecule has 0 saturated carbocycles. The van der Waals surface area contributed by atoms with E-state index < -0.39 is 0 Å². The maximum absolute atomic E-state index is 5.48. The van der Waals surface area contributed by atoms with Crippen molar-refractivity contribution in [1.82, 2.24) is 20.1 Å². The third-order valence-electron chi connectivity index (χ3n) is 5.82. The summed E-state index contributed by atoms with van der Waals surface area (Å²) in [5.74, 6) is 1.05. The van der Waals surface area contributed by atoms with E-state index in [1.165, 1.54) is 22.9 Å². The van der Waals surface area contributed by atoms with Gasteiger partial charge >= 0.3 is 0 Å². The van der Waals surface area contributed by atoms with Crippen molar-refractivity contribution >= 4 is 16.9 Å². The van der Waals surface area contributed by atoms with E-state index >= 15 is 0 Å². The Hall–Kier alpha value is -2.05. The van der Waals surface area contributed by atoms with E-state index in [0.717, 1.165) is 64.7 Å². The number of H-pyrrole nitrogens is 1. The summed E-state index contributed by atoms with van der Waals surface area (Å²) in [4.78, 5) is 12.9. The number of aliphatic imine (C=N–C) groups is 1. The highest BCUT2D eigenvalue weighted by atomic mass is 16.5. The third-order valence-corrected chi connectivity index (χ3v) is 5.82. The van der Waals surface area contributed by atoms with Gasteiger partial charge in [0.2, 0.25) is 0 Å². The largest absolute Gasteiger partial charge is 0.379 e. The van der Waals surface area contributed by atoms with Gasteiger partial charge in [0.25, 0.3) is 0 Å². The number of hydrogen-bond acceptors (Lipinski definition) is 3. The average molecular weight is 370 g/mol. The highest BCUT2D eigenvalue weighted by Crippen LogP contribution is 2.19. The van der Waals surface area contributed by atoms with Crippen LogP contribution in [-0.2, 0) is 11.2 Å². The number of likely N-dealkylation sites (tertiary alicyclic amines) is 1. The lowest BCUT2D eigenvalue weighted by Crippen LogP contribution is -2.46. The van der Waals surface area contributed by atoms with Crippen molar-refractivity contribution in [2.75, 3.05) is 53.0 Å². The van der Waals surface area contributed by atoms with Gasteiger partial charge in [0.05, 0.1) is 13.2 Å². The number of aromatic amines is 1. The number of aryl methyl sites for hydroxylation is 1. The number of nitrogens with zero attached hydrogens (tertiary/aromatic N) is 3. The lowest BCUT2D eigenvalue weighted by molar-refractivity contribution is 0.0195. The Morgan fingerprint density at radius 1 is 1.26 bits per heavy atom. The maximum Gasteiger partial charge on any atom is 0.193 e. The molecule has 3 heterocycles. The van der Waals surface area contributed by atoms with Gasteiger partial charge in [0.1, 0.15) is 0 Å². The summed E-state index contributed by atoms with van der Waals surface area (Å²) in [7, 11) is 1.89. The van der Waals surface area contributed by atoms with E-state index in [-0.39, 0.29) is 0 Å². The highest BCUT2D eigenvalue weighted by molar-refractivity contribution is 5.83. The summed E-state index contributed by atoms with van der Waals surface area (Å²) in [6.45, 7) is 6.98. The van der Waals surface area contributed by atoms with Crippen LogP contribution in [0.1, 0.15) is 18.4 Å². The molecule has 0 bridgehead atoms. The molecule has 1 aromatic carbocycles. The van der Waals surface area contributed by atoms with E-state index in [2.05, 4.69) is 55.6 Å². The van der Waals surface area contributed by atoms with Crippen LogP contribution in [0.3, 0.4) is 0 Å². The molecular formula is C21H31N5O. The van der Waals surface area contributed by atoms with Crippen LogP contribution in [0.2, 0.25) is 0 Å². The molecule has 6 heteroatoms. The van der Waals surface area contributed by atoms with Crippen molar-refractivity contribution in [1.29, 1.82) is 0 Å². The second-order valence-electron chi connectivity index (χ2n) is 7.47. The van der Waals surface area contributed by atoms with Crippen molar-refractivity contribution in [3.8, 4) is 0 Å². The molecule has 1 atom stereocenters. The van der Waals surface area contributed by atoms with Gasteiger partial charge in [-0.3, -0.25) is 9.89 Å². The Labute approximate surface area is 161 Å². The van der Waals surface area contributed by atoms with Crippen LogP contribution < -0.4 is 5.32 Å². The van der Waals surface area contributed by atoms with Gasteiger partial charge in [-0.15, -0.1) is 0 Å². The second-order valence-corrected chi connectivity index (χ2v) is 7.47. The summed E-state index contributed by atoms with van der Waals surface area (Å²) < 4.78 is 5.48. The van der Waals surface area contributed by atoms with Crippen molar-refractivity contribution < 1.29 is 4.74 Å². The first-order valence-electron chi connectivity index (χ1n) is 10.2. The Morgan fingerprint density at radius 2 is 2.11 bits per heavy atom. The molecule has 0 amide bonds. The minimum absolute atomic E-state index is 0.638. The molecule has 2 aromatic rings. The summed E-state index contributed by atoms with van der Waals surface area (Å²) in [6, 6.07) is 9.16. The molecular weight excluding hydrogens is 338 g/mol. The molecule has 1 unspecified atom stereocenters. The summed E-state index contributed by atoms with van der Waals surface area (Å²) in [5, 5.41) is 4.91. The van der Waals surface area contributed by atoms with E-state index in [1.807, 2.05) is 7.05 Å². The molecule has 0 aliphatic carbocycles. The number of guanidine groups is 1. The van der Waals surface area contributed by atoms with Crippen LogP contribution in [0.15, 0.2) is 35.5 Å². The maximum atomic E-state index is 5.48. The zero-order valence-corrected chi connectivity index (χ0v) is 16.3. The fourth-order valence-electron chi connectivity index (χ4n) is 4.32. The number of aromatic nitrogens is 1. The molecule has 2 fully saturated rings. The highest BCUT2D eigenvalue weighted by Gasteiger charge is 2.30. The molecule has 6 nitrogen and oxygen atoms in total. The zero-order valence-electron chi connectivity index (χ0n) is 16.3. The number of benzene rings is 1. The number of para-hydroxylation sites is 1. The topological polar surface area (TPSA) is 55.9 Å². The molecule has 27 heavy (non-hydrogen) atoms. The van der Waals surface area contributed by atoms with E-state index in [0.29, 0.717) is 6.04 Å². The van der Waals surface area contributed by atoms with Crippen molar-refractivity contribution in [3.63, 3.8) is 0 Å². The summed E-state index contributed by atoms with van der Waals surface area (Å²) >= 11 is 0. The molecule has 0 spiro atoms. The molecule has 2 saturated heterocycles. The third kappa shape index (κ3) is 4.28. The first-order chi connectivity index (χ1) is 13.3. The van der Waals surface area contributed by atoms with Gasteiger partial charge in [0.15, 0.2) is 5.96 Å². The first-order valence-corrected chi connectivity index (χ1v) is 10.2. The molecule has 4 rings (SSSR count). The van der Waals surface area contributed by atoms with Crippen LogP contribution in [-0.4, -0.2) is 79.8 Å². The van der Waals surface area contributed by atoms with Crippen molar-refractivity contribution in [2.24, 2.45) is 4.99 Å². The van der Waals surface area contributed by atoms with Crippen LogP contribution in [0.5, 0.6) is 0 Å². The van der Waals surface area contributed by atoms with Gasteiger partial charge in [-0.25, -0.2) is 0 Å². The molecule has 146 valence electrons. The van der Waals surface area contributed by atoms with Crippen molar-refractivity contribution in [2.45, 2.75) is 25.3 Å². The van der Waals surface area contributed by atoms with E-state index in [9.17, 15) is 0 Å². The lowest BCUT2D eigenvalue weighted by Gasteiger charge is -2.32. The predicted octanol–water partition coefficient (Wildman–Crippen LogP) is 2.08. The average Bonchev–Trinajstić information content (AvgIpc) is 3.36. The van der Waals surface area contributed by atoms with Gasteiger partial charge in [-0.2, -0.15) is 0 Å². The Kier molecular flexibility index (Phi) is 5.94. The fraction of sp³-hybridized carbons (Fsp3) is 0.571. The second kappa shape index (κ2) is 8.76. The molecule has 2 aliphatic heterocycles. The quantitative estimate of drug-likeness (QED) is 0.481. The number of nitrogens with one attached hydrogen (secondary N) is 2. The van der Waals surface area contributed by atoms with Gasteiger partial charge < -0.3 is 19.9 Å².